The van der Waals surface area contributed by atoms with Gasteiger partial charge in [-0.3, -0.25) is 14.3 Å². The van der Waals surface area contributed by atoms with E-state index in [1.54, 1.807) is 6.26 Å². The van der Waals surface area contributed by atoms with Gasteiger partial charge >= 0.3 is 6.18 Å². The summed E-state index contributed by atoms with van der Waals surface area (Å²) >= 11 is 0.878. The second-order valence-corrected chi connectivity index (χ2v) is 14.4. The minimum atomic E-state index is -4.61. The van der Waals surface area contributed by atoms with E-state index in [1.165, 1.54) is 16.4 Å². The highest BCUT2D eigenvalue weighted by Gasteiger charge is 2.35. The zero-order valence-electron chi connectivity index (χ0n) is 25.0. The Kier molecular flexibility index (Phi) is 9.97. The molecule has 2 amide bonds. The molecule has 5 rings (SSSR count). The second-order valence-electron chi connectivity index (χ2n) is 11.7. The first-order chi connectivity index (χ1) is 20.8. The van der Waals surface area contributed by atoms with Crippen LogP contribution in [0.5, 0.6) is 0 Å². The van der Waals surface area contributed by atoms with Gasteiger partial charge in [-0.1, -0.05) is 17.8 Å². The average molecular weight is 657 g/mol. The molecule has 0 bridgehead atoms. The van der Waals surface area contributed by atoms with E-state index < -0.39 is 27.0 Å². The van der Waals surface area contributed by atoms with Gasteiger partial charge in [0.15, 0.2) is 0 Å². The lowest BCUT2D eigenvalue weighted by Crippen LogP contribution is -2.45. The van der Waals surface area contributed by atoms with Gasteiger partial charge in [0, 0.05) is 81.5 Å². The maximum Gasteiger partial charge on any atom is 0.416 e. The number of nitrogens with one attached hydrogen (secondary N) is 1. The number of piperidine rings is 1. The van der Waals surface area contributed by atoms with E-state index in [1.807, 2.05) is 9.58 Å². The maximum atomic E-state index is 13.8. The molecule has 0 radical (unpaired) electrons. The summed E-state index contributed by atoms with van der Waals surface area (Å²) in [6.07, 6.45) is 2.85. The van der Waals surface area contributed by atoms with Crippen LogP contribution in [0.1, 0.15) is 54.5 Å². The number of carbonyl (C=O) groups excluding carboxylic acids is 2. The molecular weight excluding hydrogens is 617 g/mol. The van der Waals surface area contributed by atoms with Crippen molar-refractivity contribution in [1.29, 1.82) is 0 Å². The van der Waals surface area contributed by atoms with E-state index in [0.717, 1.165) is 81.6 Å². The smallest absolute Gasteiger partial charge is 0.343 e. The molecule has 0 atom stereocenters. The zero-order valence-corrected chi connectivity index (χ0v) is 26.7. The van der Waals surface area contributed by atoms with Crippen LogP contribution in [0.25, 0.3) is 11.3 Å². The lowest BCUT2D eigenvalue weighted by Gasteiger charge is -2.36. The topological polar surface area (TPSA) is 108 Å². The van der Waals surface area contributed by atoms with E-state index in [2.05, 4.69) is 10.2 Å². The molecule has 1 N–H and O–H groups in total. The molecule has 4 heterocycles. The van der Waals surface area contributed by atoms with Crippen molar-refractivity contribution in [2.45, 2.75) is 70.4 Å². The monoisotopic (exact) mass is 656 g/mol. The van der Waals surface area contributed by atoms with Crippen LogP contribution in [0, 0.1) is 0 Å². The third-order valence-corrected chi connectivity index (χ3v) is 10.6. The van der Waals surface area contributed by atoms with Crippen LogP contribution in [0.2, 0.25) is 0 Å². The Morgan fingerprint density at radius 3 is 2.50 bits per heavy atom. The lowest BCUT2D eigenvalue weighted by atomic mass is 9.97. The third-order valence-electron chi connectivity index (χ3n) is 8.81. The predicted molar refractivity (Wildman–Crippen MR) is 162 cm³/mol. The summed E-state index contributed by atoms with van der Waals surface area (Å²) in [4.78, 5) is 28.4. The van der Waals surface area contributed by atoms with Crippen LogP contribution in [-0.4, -0.2) is 94.7 Å². The van der Waals surface area contributed by atoms with E-state index in [0.29, 0.717) is 48.8 Å². The molecule has 3 aliphatic rings. The number of aryl methyl sites for hydroxylation is 1. The zero-order chi connectivity index (χ0) is 31.6. The van der Waals surface area contributed by atoms with Gasteiger partial charge in [0.25, 0.3) is 5.24 Å². The predicted octanol–water partition coefficient (Wildman–Crippen LogP) is 3.94. The number of carbonyl (C=O) groups is 2. The standard InChI is InChI=1S/C29H39F3N6O4S2/c1-43-28(40)33-18-21-17-20(6-7-24(21)29(30,31)32)27-23-19-36(44(2,41)42)16-10-25(23)38(34-27)13-4-11-35-14-8-22(9-15-35)37-12-3-5-26(37)39/h6-7,17,22H,3-5,8-16,18-19H2,1-2H3,(H,33,40). The Balaban J connectivity index is 1.35. The van der Waals surface area contributed by atoms with Crippen molar-refractivity contribution < 1.29 is 31.2 Å². The van der Waals surface area contributed by atoms with Crippen molar-refractivity contribution >= 4 is 32.9 Å². The summed E-state index contributed by atoms with van der Waals surface area (Å²) in [5.74, 6) is 0.266. The molecule has 44 heavy (non-hydrogen) atoms. The molecular formula is C29H39F3N6O4S2. The number of hydrogen-bond acceptors (Lipinski definition) is 7. The molecule has 3 aliphatic heterocycles. The number of halogens is 3. The molecule has 2 fully saturated rings. The van der Waals surface area contributed by atoms with Crippen molar-refractivity contribution in [3.8, 4) is 11.3 Å². The fourth-order valence-corrected chi connectivity index (χ4v) is 7.53. The Hall–Kier alpha value is -2.62. The van der Waals surface area contributed by atoms with Crippen LogP contribution in [-0.2, 0) is 47.0 Å². The summed E-state index contributed by atoms with van der Waals surface area (Å²) in [5, 5.41) is 6.90. The number of nitrogens with zero attached hydrogens (tertiary/aromatic N) is 5. The van der Waals surface area contributed by atoms with Gasteiger partial charge in [-0.15, -0.1) is 0 Å². The van der Waals surface area contributed by atoms with Gasteiger partial charge in [-0.25, -0.2) is 8.42 Å². The first-order valence-electron chi connectivity index (χ1n) is 14.9. The lowest BCUT2D eigenvalue weighted by molar-refractivity contribution is -0.138. The van der Waals surface area contributed by atoms with E-state index in [9.17, 15) is 31.2 Å². The number of thioether (sulfide) groups is 1. The van der Waals surface area contributed by atoms with Crippen molar-refractivity contribution in [3.05, 3.63) is 40.6 Å². The number of rotatable bonds is 9. The number of amides is 2. The number of hydrogen-bond donors (Lipinski definition) is 1. The van der Waals surface area contributed by atoms with Gasteiger partial charge < -0.3 is 15.1 Å². The van der Waals surface area contributed by atoms with Crippen LogP contribution in [0.15, 0.2) is 18.2 Å². The Morgan fingerprint density at radius 2 is 1.86 bits per heavy atom. The summed E-state index contributed by atoms with van der Waals surface area (Å²) in [6, 6.07) is 4.08. The first-order valence-corrected chi connectivity index (χ1v) is 18.0. The Bertz CT molecular complexity index is 1490. The maximum absolute atomic E-state index is 13.8. The Morgan fingerprint density at radius 1 is 1.11 bits per heavy atom. The summed E-state index contributed by atoms with van der Waals surface area (Å²) in [5.41, 5.74) is 1.55. The number of likely N-dealkylation sites (tertiary alicyclic amines) is 2. The number of aromatic nitrogens is 2. The summed E-state index contributed by atoms with van der Waals surface area (Å²) < 4.78 is 69.6. The molecule has 0 saturated carbocycles. The molecule has 0 aliphatic carbocycles. The SMILES string of the molecule is CSC(=O)NCc1cc(-c2nn(CCCN3CCC(N4CCCC4=O)CC3)c3c2CN(S(C)(=O)=O)CC3)ccc1C(F)(F)F. The molecule has 0 spiro atoms. The normalized spacial score (nSPS) is 19.0. The third kappa shape index (κ3) is 7.43. The molecule has 1 aromatic heterocycles. The average Bonchev–Trinajstić information content (AvgIpc) is 3.58. The molecule has 15 heteroatoms. The number of alkyl halides is 3. The van der Waals surface area contributed by atoms with Crippen LogP contribution < -0.4 is 5.32 Å². The second kappa shape index (κ2) is 13.4. The number of fused-ring (bicyclic) bond motifs is 1. The van der Waals surface area contributed by atoms with Gasteiger partial charge in [0.05, 0.1) is 17.5 Å². The van der Waals surface area contributed by atoms with Crippen LogP contribution in [0.3, 0.4) is 0 Å². The highest BCUT2D eigenvalue weighted by atomic mass is 32.2. The molecule has 2 aromatic rings. The quantitative estimate of drug-likeness (QED) is 0.436. The van der Waals surface area contributed by atoms with Crippen molar-refractivity contribution in [2.24, 2.45) is 0 Å². The van der Waals surface area contributed by atoms with Crippen molar-refractivity contribution in [1.82, 2.24) is 29.2 Å². The fraction of sp³-hybridized carbons (Fsp3) is 0.621. The first kappa shape index (κ1) is 32.8. The fourth-order valence-electron chi connectivity index (χ4n) is 6.52. The minimum Gasteiger partial charge on any atom is -0.343 e. The number of sulfonamides is 1. The highest BCUT2D eigenvalue weighted by Crippen LogP contribution is 2.37. The van der Waals surface area contributed by atoms with E-state index >= 15 is 0 Å². The number of benzene rings is 1. The minimum absolute atomic E-state index is 0.0875. The van der Waals surface area contributed by atoms with Crippen molar-refractivity contribution in [2.75, 3.05) is 45.2 Å². The Labute approximate surface area is 260 Å². The van der Waals surface area contributed by atoms with Gasteiger partial charge in [0.1, 0.15) is 0 Å². The van der Waals surface area contributed by atoms with Crippen molar-refractivity contribution in [3.63, 3.8) is 0 Å². The van der Waals surface area contributed by atoms with Gasteiger partial charge in [0.2, 0.25) is 15.9 Å². The molecule has 1 aromatic carbocycles. The van der Waals surface area contributed by atoms with E-state index in [-0.39, 0.29) is 24.6 Å². The van der Waals surface area contributed by atoms with E-state index in [4.69, 9.17) is 5.10 Å². The highest BCUT2D eigenvalue weighted by molar-refractivity contribution is 8.12. The van der Waals surface area contributed by atoms with Crippen LogP contribution >= 0.6 is 11.8 Å². The molecule has 2 saturated heterocycles. The van der Waals surface area contributed by atoms with Crippen LogP contribution in [0.4, 0.5) is 18.0 Å². The van der Waals surface area contributed by atoms with Gasteiger partial charge in [-0.05, 0) is 56.2 Å². The molecule has 0 unspecified atom stereocenters. The summed E-state index contributed by atoms with van der Waals surface area (Å²) in [6.45, 7) is 4.22. The largest absolute Gasteiger partial charge is 0.416 e. The molecule has 242 valence electrons. The molecule has 10 nitrogen and oxygen atoms in total. The van der Waals surface area contributed by atoms with Gasteiger partial charge in [-0.2, -0.15) is 22.6 Å². The summed E-state index contributed by atoms with van der Waals surface area (Å²) in [7, 11) is -3.49.